The van der Waals surface area contributed by atoms with Gasteiger partial charge in [-0.2, -0.15) is 5.26 Å². The first-order valence-corrected chi connectivity index (χ1v) is 6.47. The molecule has 0 saturated heterocycles. The van der Waals surface area contributed by atoms with E-state index in [0.29, 0.717) is 17.0 Å². The Labute approximate surface area is 123 Å². The van der Waals surface area contributed by atoms with E-state index in [1.54, 1.807) is 31.3 Å². The summed E-state index contributed by atoms with van der Waals surface area (Å²) >= 11 is 3.37. The van der Waals surface area contributed by atoms with Crippen LogP contribution in [0.2, 0.25) is 0 Å². The zero-order chi connectivity index (χ0) is 14.5. The summed E-state index contributed by atoms with van der Waals surface area (Å²) in [6, 6.07) is 6.99. The Morgan fingerprint density at radius 1 is 1.55 bits per heavy atom. The number of nitrogens with zero attached hydrogens (tertiary/aromatic N) is 2. The maximum Gasteiger partial charge on any atom is 0.273 e. The van der Waals surface area contributed by atoms with Crippen molar-refractivity contribution in [2.45, 2.75) is 13.0 Å². The minimum atomic E-state index is -0.804. The summed E-state index contributed by atoms with van der Waals surface area (Å²) < 4.78 is 11.2. The van der Waals surface area contributed by atoms with Crippen LogP contribution in [0.4, 0.5) is 0 Å². The van der Waals surface area contributed by atoms with Crippen LogP contribution in [0, 0.1) is 11.5 Å². The highest BCUT2D eigenvalue weighted by Crippen LogP contribution is 2.32. The van der Waals surface area contributed by atoms with E-state index in [-0.39, 0.29) is 0 Å². The summed E-state index contributed by atoms with van der Waals surface area (Å²) in [4.78, 5) is 11.5. The molecule has 0 aliphatic carbocycles. The second-order valence-corrected chi connectivity index (χ2v) is 4.80. The molecule has 6 nitrogen and oxygen atoms in total. The number of hydrogen-bond acceptors (Lipinski definition) is 5. The second-order valence-electron chi connectivity index (χ2n) is 3.89. The van der Waals surface area contributed by atoms with E-state index in [9.17, 15) is 4.79 Å². The van der Waals surface area contributed by atoms with Crippen LogP contribution in [0.25, 0.3) is 11.3 Å². The summed E-state index contributed by atoms with van der Waals surface area (Å²) in [5.74, 6) is -0.0378. The predicted molar refractivity (Wildman–Crippen MR) is 73.5 cm³/mol. The highest BCUT2D eigenvalue weighted by Gasteiger charge is 2.17. The van der Waals surface area contributed by atoms with Crippen LogP contribution in [0.3, 0.4) is 0 Å². The number of halogens is 1. The Morgan fingerprint density at radius 2 is 2.35 bits per heavy atom. The van der Waals surface area contributed by atoms with Gasteiger partial charge in [-0.3, -0.25) is 10.1 Å². The van der Waals surface area contributed by atoms with Gasteiger partial charge < -0.3 is 9.26 Å². The van der Waals surface area contributed by atoms with Gasteiger partial charge in [-0.05, 0) is 25.1 Å². The molecule has 0 saturated carbocycles. The van der Waals surface area contributed by atoms with Crippen molar-refractivity contribution in [3.63, 3.8) is 0 Å². The Balaban J connectivity index is 2.29. The summed E-state index contributed by atoms with van der Waals surface area (Å²) in [6.07, 6.45) is 2.22. The van der Waals surface area contributed by atoms with Gasteiger partial charge >= 0.3 is 0 Å². The van der Waals surface area contributed by atoms with Crippen molar-refractivity contribution in [2.75, 3.05) is 0 Å². The summed E-state index contributed by atoms with van der Waals surface area (Å²) in [7, 11) is 0. The topological polar surface area (TPSA) is 88.2 Å². The minimum Gasteiger partial charge on any atom is -0.480 e. The molecule has 1 N–H and O–H groups in total. The molecule has 0 spiro atoms. The molecule has 1 atom stereocenters. The lowest BCUT2D eigenvalue weighted by molar-refractivity contribution is -0.126. The third kappa shape index (κ3) is 3.16. The number of nitriles is 1. The van der Waals surface area contributed by atoms with Crippen molar-refractivity contribution in [3.8, 4) is 23.2 Å². The predicted octanol–water partition coefficient (Wildman–Crippen LogP) is 2.47. The van der Waals surface area contributed by atoms with Crippen LogP contribution in [-0.4, -0.2) is 17.2 Å². The highest BCUT2D eigenvalue weighted by molar-refractivity contribution is 9.10. The molecule has 1 aromatic heterocycles. The zero-order valence-electron chi connectivity index (χ0n) is 10.5. The third-order valence-electron chi connectivity index (χ3n) is 2.51. The maximum atomic E-state index is 11.5. The lowest BCUT2D eigenvalue weighted by atomic mass is 10.1. The average Bonchev–Trinajstić information content (AvgIpc) is 2.95. The number of amides is 1. The lowest BCUT2D eigenvalue weighted by Crippen LogP contribution is -2.33. The quantitative estimate of drug-likeness (QED) is 0.684. The van der Waals surface area contributed by atoms with Crippen LogP contribution in [0.5, 0.6) is 5.75 Å². The largest absolute Gasteiger partial charge is 0.480 e. The van der Waals surface area contributed by atoms with E-state index in [4.69, 9.17) is 14.5 Å². The maximum absolute atomic E-state index is 11.5. The molecule has 102 valence electrons. The Hall–Kier alpha value is -2.33. The van der Waals surface area contributed by atoms with E-state index in [1.807, 2.05) is 11.4 Å². The number of nitrogens with one attached hydrogen (secondary N) is 1. The minimum absolute atomic E-state index is 0.475. The Bertz CT molecular complexity index is 649. The van der Waals surface area contributed by atoms with Gasteiger partial charge in [-0.15, -0.1) is 0 Å². The van der Waals surface area contributed by atoms with Gasteiger partial charge in [-0.1, -0.05) is 21.1 Å². The molecule has 1 heterocycles. The number of ether oxygens (including phenoxy) is 1. The second kappa shape index (κ2) is 6.21. The number of rotatable bonds is 4. The molecule has 1 unspecified atom stereocenters. The third-order valence-corrected chi connectivity index (χ3v) is 3.00. The summed E-state index contributed by atoms with van der Waals surface area (Å²) in [5.41, 5.74) is 1.28. The van der Waals surface area contributed by atoms with Crippen molar-refractivity contribution >= 4 is 21.8 Å². The van der Waals surface area contributed by atoms with Crippen molar-refractivity contribution < 1.29 is 14.1 Å². The van der Waals surface area contributed by atoms with Gasteiger partial charge in [0.2, 0.25) is 0 Å². The first-order valence-electron chi connectivity index (χ1n) is 5.67. The molecule has 1 amide bonds. The Morgan fingerprint density at radius 3 is 3.00 bits per heavy atom. The summed E-state index contributed by atoms with van der Waals surface area (Å²) in [6.45, 7) is 1.56. The molecule has 20 heavy (non-hydrogen) atoms. The monoisotopic (exact) mass is 335 g/mol. The van der Waals surface area contributed by atoms with Crippen molar-refractivity contribution in [3.05, 3.63) is 35.0 Å². The zero-order valence-corrected chi connectivity index (χ0v) is 12.0. The van der Waals surface area contributed by atoms with E-state index >= 15 is 0 Å². The lowest BCUT2D eigenvalue weighted by Gasteiger charge is -2.15. The molecule has 7 heteroatoms. The van der Waals surface area contributed by atoms with Gasteiger partial charge in [0, 0.05) is 16.1 Å². The van der Waals surface area contributed by atoms with Crippen LogP contribution in [-0.2, 0) is 4.79 Å². The number of hydrogen-bond donors (Lipinski definition) is 1. The average molecular weight is 336 g/mol. The number of aromatic nitrogens is 1. The van der Waals surface area contributed by atoms with Gasteiger partial charge in [0.15, 0.2) is 12.3 Å². The summed E-state index contributed by atoms with van der Waals surface area (Å²) in [5, 5.41) is 14.3. The van der Waals surface area contributed by atoms with Gasteiger partial charge in [0.25, 0.3) is 5.91 Å². The molecule has 0 aliphatic rings. The normalized spacial score (nSPS) is 11.4. The van der Waals surface area contributed by atoms with Crippen molar-refractivity contribution in [1.29, 1.82) is 5.26 Å². The fourth-order valence-corrected chi connectivity index (χ4v) is 1.92. The highest BCUT2D eigenvalue weighted by atomic mass is 79.9. The van der Waals surface area contributed by atoms with Crippen LogP contribution in [0.1, 0.15) is 6.92 Å². The molecule has 0 radical (unpaired) electrons. The molecule has 0 fully saturated rings. The molecule has 0 bridgehead atoms. The van der Waals surface area contributed by atoms with Crippen LogP contribution in [0.15, 0.2) is 39.5 Å². The standard InChI is InChI=1S/C13H10BrN3O3/c1-8(13(18)16-7-15)20-12-3-2-9(14)6-10(12)11-4-5-19-17-11/h2-6,8H,1H3,(H,16,18). The molecular weight excluding hydrogens is 326 g/mol. The van der Waals surface area contributed by atoms with Crippen LogP contribution >= 0.6 is 15.9 Å². The van der Waals surface area contributed by atoms with E-state index in [2.05, 4.69) is 21.1 Å². The van der Waals surface area contributed by atoms with Gasteiger partial charge in [0.1, 0.15) is 17.7 Å². The van der Waals surface area contributed by atoms with E-state index < -0.39 is 12.0 Å². The smallest absolute Gasteiger partial charge is 0.273 e. The molecule has 2 aromatic rings. The van der Waals surface area contributed by atoms with E-state index in [1.165, 1.54) is 6.26 Å². The molecule has 0 aliphatic heterocycles. The number of carbonyl (C=O) groups is 1. The molecular formula is C13H10BrN3O3. The molecule has 1 aromatic carbocycles. The van der Waals surface area contributed by atoms with Gasteiger partial charge in [-0.25, -0.2) is 0 Å². The Kier molecular flexibility index (Phi) is 4.38. The van der Waals surface area contributed by atoms with Crippen molar-refractivity contribution in [2.24, 2.45) is 0 Å². The number of benzene rings is 1. The van der Waals surface area contributed by atoms with Gasteiger partial charge in [0.05, 0.1) is 0 Å². The first-order chi connectivity index (χ1) is 9.61. The number of carbonyl (C=O) groups excluding carboxylic acids is 1. The SMILES string of the molecule is CC(Oc1ccc(Br)cc1-c1ccon1)C(=O)NC#N. The first kappa shape index (κ1) is 14.1. The molecule has 2 rings (SSSR count). The fraction of sp³-hybridized carbons (Fsp3) is 0.154. The van der Waals surface area contributed by atoms with Crippen LogP contribution < -0.4 is 10.1 Å². The van der Waals surface area contributed by atoms with Crippen molar-refractivity contribution in [1.82, 2.24) is 10.5 Å². The fourth-order valence-electron chi connectivity index (χ4n) is 1.56. The van der Waals surface area contributed by atoms with E-state index in [0.717, 1.165) is 4.47 Å².